The van der Waals surface area contributed by atoms with Gasteiger partial charge in [-0.3, -0.25) is 4.79 Å². The third-order valence-electron chi connectivity index (χ3n) is 3.47. The van der Waals surface area contributed by atoms with Crippen molar-refractivity contribution in [1.29, 1.82) is 0 Å². The van der Waals surface area contributed by atoms with Crippen LogP contribution in [0.25, 0.3) is 0 Å². The predicted octanol–water partition coefficient (Wildman–Crippen LogP) is 4.72. The summed E-state index contributed by atoms with van der Waals surface area (Å²) in [6.07, 6.45) is -1.02. The van der Waals surface area contributed by atoms with E-state index in [0.29, 0.717) is 5.56 Å². The zero-order valence-corrected chi connectivity index (χ0v) is 17.2. The van der Waals surface area contributed by atoms with Crippen molar-refractivity contribution < 1.29 is 4.79 Å². The van der Waals surface area contributed by atoms with Gasteiger partial charge < -0.3 is 16.0 Å². The molecule has 26 heavy (non-hydrogen) atoms. The first-order chi connectivity index (χ1) is 12.1. The molecule has 0 bridgehead atoms. The smallest absolute Gasteiger partial charge is 0.252 e. The number of halogens is 3. The number of hydrogen-bond acceptors (Lipinski definition) is 2. The van der Waals surface area contributed by atoms with E-state index in [1.165, 1.54) is 0 Å². The fraction of sp³-hybridized carbons (Fsp3) is 0.222. The molecule has 0 fully saturated rings. The van der Waals surface area contributed by atoms with Gasteiger partial charge in [0.15, 0.2) is 5.11 Å². The normalized spacial score (nSPS) is 12.2. The molecule has 0 saturated heterocycles. The Labute approximate surface area is 173 Å². The fourth-order valence-corrected chi connectivity index (χ4v) is 2.70. The number of rotatable bonds is 4. The highest BCUT2D eigenvalue weighted by Gasteiger charge is 2.34. The monoisotopic (exact) mass is 429 g/mol. The van der Waals surface area contributed by atoms with Gasteiger partial charge in [-0.25, -0.2) is 0 Å². The Hall–Kier alpha value is -1.53. The second kappa shape index (κ2) is 8.91. The molecule has 0 aliphatic rings. The first-order valence-corrected chi connectivity index (χ1v) is 9.28. The fourth-order valence-electron chi connectivity index (χ4n) is 2.14. The van der Waals surface area contributed by atoms with E-state index in [9.17, 15) is 4.79 Å². The number of hydrogen-bond donors (Lipinski definition) is 3. The topological polar surface area (TPSA) is 53.2 Å². The largest absolute Gasteiger partial charge is 0.339 e. The molecule has 0 aliphatic carbocycles. The number of alkyl halides is 3. The molecule has 0 spiro atoms. The number of anilines is 1. The molecule has 2 rings (SSSR count). The minimum Gasteiger partial charge on any atom is -0.339 e. The first kappa shape index (κ1) is 20.8. The lowest BCUT2D eigenvalue weighted by atomic mass is 10.1. The van der Waals surface area contributed by atoms with Gasteiger partial charge in [-0.1, -0.05) is 70.2 Å². The second-order valence-corrected chi connectivity index (χ2v) is 8.56. The van der Waals surface area contributed by atoms with Gasteiger partial charge >= 0.3 is 0 Å². The number of carbonyl (C=O) groups excluding carboxylic acids is 1. The Kier molecular flexibility index (Phi) is 7.12. The Bertz CT molecular complexity index is 791. The average molecular weight is 431 g/mol. The van der Waals surface area contributed by atoms with Gasteiger partial charge in [-0.05, 0) is 50.3 Å². The molecular formula is C18H18Cl3N3OS. The molecule has 1 atom stereocenters. The van der Waals surface area contributed by atoms with E-state index >= 15 is 0 Å². The van der Waals surface area contributed by atoms with E-state index in [2.05, 4.69) is 16.0 Å². The van der Waals surface area contributed by atoms with Crippen LogP contribution in [0.2, 0.25) is 0 Å². The van der Waals surface area contributed by atoms with E-state index < -0.39 is 9.96 Å². The van der Waals surface area contributed by atoms with Crippen LogP contribution >= 0.6 is 47.0 Å². The van der Waals surface area contributed by atoms with Crippen LogP contribution < -0.4 is 16.0 Å². The quantitative estimate of drug-likeness (QED) is 0.373. The highest BCUT2D eigenvalue weighted by Crippen LogP contribution is 2.29. The standard InChI is InChI=1S/C18H18Cl3N3OS/c1-11-6-8-14(9-7-11)22-17(26)24-16(18(19,20)21)23-15(25)13-5-3-4-12(2)10-13/h3-10,16H,1-2H3,(H,23,25)(H2,22,24,26)/t16-/m0/s1. The SMILES string of the molecule is Cc1ccc(NC(=S)N[C@H](NC(=O)c2cccc(C)c2)C(Cl)(Cl)Cl)cc1. The lowest BCUT2D eigenvalue weighted by Crippen LogP contribution is -2.56. The molecule has 0 radical (unpaired) electrons. The van der Waals surface area contributed by atoms with E-state index in [4.69, 9.17) is 47.0 Å². The summed E-state index contributed by atoms with van der Waals surface area (Å²) in [5, 5.41) is 8.69. The van der Waals surface area contributed by atoms with Crippen molar-refractivity contribution in [3.8, 4) is 0 Å². The van der Waals surface area contributed by atoms with E-state index in [1.54, 1.807) is 18.2 Å². The maximum atomic E-state index is 12.4. The maximum Gasteiger partial charge on any atom is 0.252 e. The molecule has 0 aromatic heterocycles. The minimum absolute atomic E-state index is 0.217. The van der Waals surface area contributed by atoms with Crippen molar-refractivity contribution in [2.75, 3.05) is 5.32 Å². The number of carbonyl (C=O) groups is 1. The average Bonchev–Trinajstić information content (AvgIpc) is 2.55. The number of nitrogens with one attached hydrogen (secondary N) is 3. The van der Waals surface area contributed by atoms with Gasteiger partial charge in [-0.15, -0.1) is 0 Å². The molecular weight excluding hydrogens is 413 g/mol. The lowest BCUT2D eigenvalue weighted by molar-refractivity contribution is 0.0934. The number of amides is 1. The number of benzene rings is 2. The van der Waals surface area contributed by atoms with Crippen LogP contribution in [0.1, 0.15) is 21.5 Å². The minimum atomic E-state index is -1.81. The molecule has 4 nitrogen and oxygen atoms in total. The summed E-state index contributed by atoms with van der Waals surface area (Å²) in [4.78, 5) is 12.4. The summed E-state index contributed by atoms with van der Waals surface area (Å²) in [5.74, 6) is -0.379. The van der Waals surface area contributed by atoms with Crippen LogP contribution in [0.4, 0.5) is 5.69 Å². The van der Waals surface area contributed by atoms with Gasteiger partial charge in [0.25, 0.3) is 5.91 Å². The van der Waals surface area contributed by atoms with Crippen molar-refractivity contribution in [3.05, 3.63) is 65.2 Å². The Balaban J connectivity index is 2.06. The van der Waals surface area contributed by atoms with E-state index in [0.717, 1.165) is 16.8 Å². The second-order valence-electron chi connectivity index (χ2n) is 5.78. The zero-order chi connectivity index (χ0) is 19.3. The highest BCUT2D eigenvalue weighted by molar-refractivity contribution is 7.80. The summed E-state index contributed by atoms with van der Waals surface area (Å²) in [6.45, 7) is 3.88. The number of aryl methyl sites for hydroxylation is 2. The van der Waals surface area contributed by atoms with Gasteiger partial charge in [-0.2, -0.15) is 0 Å². The van der Waals surface area contributed by atoms with Crippen molar-refractivity contribution >= 4 is 63.7 Å². The van der Waals surface area contributed by atoms with Crippen LogP contribution in [-0.4, -0.2) is 21.0 Å². The molecule has 1 amide bonds. The summed E-state index contributed by atoms with van der Waals surface area (Å²) >= 11 is 23.2. The van der Waals surface area contributed by atoms with Crippen molar-refractivity contribution in [3.63, 3.8) is 0 Å². The van der Waals surface area contributed by atoms with Crippen molar-refractivity contribution in [2.45, 2.75) is 23.8 Å². The summed E-state index contributed by atoms with van der Waals surface area (Å²) in [7, 11) is 0. The van der Waals surface area contributed by atoms with Crippen molar-refractivity contribution in [2.24, 2.45) is 0 Å². The Morgan fingerprint density at radius 2 is 1.65 bits per heavy atom. The van der Waals surface area contributed by atoms with Crippen LogP contribution in [-0.2, 0) is 0 Å². The third kappa shape index (κ3) is 6.32. The predicted molar refractivity (Wildman–Crippen MR) is 113 cm³/mol. The first-order valence-electron chi connectivity index (χ1n) is 7.73. The van der Waals surface area contributed by atoms with Crippen LogP contribution in [0.15, 0.2) is 48.5 Å². The highest BCUT2D eigenvalue weighted by atomic mass is 35.6. The summed E-state index contributed by atoms with van der Waals surface area (Å²) in [6, 6.07) is 14.7. The maximum absolute atomic E-state index is 12.4. The molecule has 0 unspecified atom stereocenters. The molecule has 2 aromatic rings. The van der Waals surface area contributed by atoms with Crippen LogP contribution in [0.3, 0.4) is 0 Å². The Morgan fingerprint density at radius 3 is 2.23 bits per heavy atom. The van der Waals surface area contributed by atoms with Gasteiger partial charge in [0.1, 0.15) is 6.17 Å². The van der Waals surface area contributed by atoms with Gasteiger partial charge in [0.2, 0.25) is 3.79 Å². The summed E-state index contributed by atoms with van der Waals surface area (Å²) in [5.41, 5.74) is 3.32. The zero-order valence-electron chi connectivity index (χ0n) is 14.1. The van der Waals surface area contributed by atoms with E-state index in [1.807, 2.05) is 44.2 Å². The summed E-state index contributed by atoms with van der Waals surface area (Å²) < 4.78 is -1.81. The third-order valence-corrected chi connectivity index (χ3v) is 4.34. The van der Waals surface area contributed by atoms with E-state index in [-0.39, 0.29) is 11.0 Å². The van der Waals surface area contributed by atoms with Gasteiger partial charge in [0.05, 0.1) is 0 Å². The molecule has 8 heteroatoms. The van der Waals surface area contributed by atoms with Crippen molar-refractivity contribution in [1.82, 2.24) is 10.6 Å². The van der Waals surface area contributed by atoms with Gasteiger partial charge in [0, 0.05) is 11.3 Å². The van der Waals surface area contributed by atoms with Crippen LogP contribution in [0, 0.1) is 13.8 Å². The molecule has 0 saturated carbocycles. The molecule has 0 heterocycles. The lowest BCUT2D eigenvalue weighted by Gasteiger charge is -2.27. The van der Waals surface area contributed by atoms with Crippen LogP contribution in [0.5, 0.6) is 0 Å². The Morgan fingerprint density at radius 1 is 1.00 bits per heavy atom. The number of thiocarbonyl (C=S) groups is 1. The molecule has 138 valence electrons. The molecule has 3 N–H and O–H groups in total. The molecule has 2 aromatic carbocycles. The molecule has 0 aliphatic heterocycles.